The quantitative estimate of drug-likeness (QED) is 0.0765. The van der Waals surface area contributed by atoms with E-state index in [1.807, 2.05) is 0 Å². The maximum atomic E-state index is 15.5. The Morgan fingerprint density at radius 3 is 2.39 bits per heavy atom. The van der Waals surface area contributed by atoms with E-state index in [9.17, 15) is 44.5 Å². The van der Waals surface area contributed by atoms with E-state index in [1.165, 1.54) is 48.9 Å². The van der Waals surface area contributed by atoms with Gasteiger partial charge in [0.05, 0.1) is 55.6 Å². The molecule has 3 unspecified atom stereocenters. The SMILES string of the molecule is CC1Cc2c(C(F)F)nn(CC(=O)NC(Cc3cc(F)cc(F)c3)c3nc4cc(-c5ccn(CC(C)(F)F)n5)ccc4c(=O)n3-c3ccc(Cl)c4c(N[S+](C)[O-])nn(CC(F)F)c34)c2C1(F)F. The molecule has 2 N–H and O–H groups in total. The molecule has 0 bridgehead atoms. The smallest absolute Gasteiger partial charge is 0.292 e. The monoisotopic (exact) mass is 984 g/mol. The number of carbonyl (C=O) groups excluding carboxylic acids is 1. The average molecular weight is 985 g/mol. The normalized spacial score (nSPS) is 15.8. The molecule has 1 aliphatic rings. The fourth-order valence-corrected chi connectivity index (χ4v) is 8.88. The average Bonchev–Trinajstić information content (AvgIpc) is 3.97. The highest BCUT2D eigenvalue weighted by Gasteiger charge is 2.51. The molecule has 0 radical (unpaired) electrons. The molecule has 0 aliphatic heterocycles. The molecule has 7 aromatic rings. The highest BCUT2D eigenvalue weighted by atomic mass is 35.5. The second kappa shape index (κ2) is 17.8. The Labute approximate surface area is 380 Å². The first kappa shape index (κ1) is 47.4. The number of nitrogens with one attached hydrogen (secondary N) is 2. The van der Waals surface area contributed by atoms with Crippen LogP contribution in [0.25, 0.3) is 38.8 Å². The molecule has 4 heterocycles. The summed E-state index contributed by atoms with van der Waals surface area (Å²) in [5.74, 6) is -12.3. The molecule has 0 saturated carbocycles. The van der Waals surface area contributed by atoms with Gasteiger partial charge in [-0.3, -0.25) is 28.2 Å². The molecule has 1 aliphatic carbocycles. The van der Waals surface area contributed by atoms with Crippen LogP contribution in [0.2, 0.25) is 5.02 Å². The third-order valence-electron chi connectivity index (χ3n) is 10.9. The van der Waals surface area contributed by atoms with Crippen LogP contribution in [0.3, 0.4) is 0 Å². The zero-order valence-corrected chi connectivity index (χ0v) is 36.6. The van der Waals surface area contributed by atoms with E-state index in [1.54, 1.807) is 0 Å². The standard InChI is InChI=1S/C42H35ClF10N10O3S/c1-19-10-25-34(37(48)49)57-62(36(25)42(19,52)53)17-32(64)54-29(13-20-11-22(44)15-23(45)12-20)39-55-28-14-21(27-8-9-60(56-27)18-41(2,50)51)4-5-24(28)40(65)63(39)30-7-6-26(43)33-35(30)61(16-31(46)47)58-38(33)59-67(3)66/h4-9,11-12,14-15,19,29,31,37H,10,13,16-18H2,1-3H3,(H,54,64)(H,58,59). The Morgan fingerprint density at radius 1 is 1.01 bits per heavy atom. The number of nitrogens with zero attached hydrogens (tertiary/aromatic N) is 8. The third-order valence-corrected chi connectivity index (χ3v) is 11.7. The van der Waals surface area contributed by atoms with Crippen molar-refractivity contribution in [3.8, 4) is 16.9 Å². The number of alkyl halides is 8. The lowest BCUT2D eigenvalue weighted by atomic mass is 10.0. The topological polar surface area (TPSA) is 153 Å². The fourth-order valence-electron chi connectivity index (χ4n) is 8.23. The van der Waals surface area contributed by atoms with Crippen molar-refractivity contribution in [3.63, 3.8) is 0 Å². The van der Waals surface area contributed by atoms with Crippen molar-refractivity contribution in [2.24, 2.45) is 5.92 Å². The second-order valence-electron chi connectivity index (χ2n) is 16.1. The van der Waals surface area contributed by atoms with Crippen LogP contribution >= 0.6 is 11.6 Å². The summed E-state index contributed by atoms with van der Waals surface area (Å²) in [6.07, 6.45) is -4.93. The van der Waals surface area contributed by atoms with E-state index < -0.39 is 126 Å². The number of anilines is 1. The first-order valence-corrected chi connectivity index (χ1v) is 22.0. The lowest BCUT2D eigenvalue weighted by Crippen LogP contribution is -2.38. The van der Waals surface area contributed by atoms with Gasteiger partial charge in [-0.1, -0.05) is 24.6 Å². The lowest BCUT2D eigenvalue weighted by molar-refractivity contribution is -0.123. The van der Waals surface area contributed by atoms with Gasteiger partial charge in [-0.15, -0.1) is 5.10 Å². The van der Waals surface area contributed by atoms with Crippen molar-refractivity contribution in [3.05, 3.63) is 116 Å². The van der Waals surface area contributed by atoms with Crippen molar-refractivity contribution < 1.29 is 53.3 Å². The molecule has 0 fully saturated rings. The van der Waals surface area contributed by atoms with Crippen molar-refractivity contribution in [1.82, 2.24) is 44.2 Å². The van der Waals surface area contributed by atoms with Gasteiger partial charge in [-0.2, -0.15) is 23.7 Å². The molecule has 1 amide bonds. The summed E-state index contributed by atoms with van der Waals surface area (Å²) in [7, 11) is 0. The van der Waals surface area contributed by atoms with E-state index in [0.29, 0.717) is 17.7 Å². The first-order valence-electron chi connectivity index (χ1n) is 20.0. The Hall–Kier alpha value is -6.14. The minimum absolute atomic E-state index is 0.0955. The van der Waals surface area contributed by atoms with Crippen molar-refractivity contribution in [1.29, 1.82) is 0 Å². The van der Waals surface area contributed by atoms with E-state index in [4.69, 9.17) is 16.6 Å². The summed E-state index contributed by atoms with van der Waals surface area (Å²) in [6.45, 7) is -1.15. The van der Waals surface area contributed by atoms with Crippen LogP contribution in [-0.4, -0.2) is 68.0 Å². The summed E-state index contributed by atoms with van der Waals surface area (Å²) >= 11 is 4.76. The van der Waals surface area contributed by atoms with Crippen LogP contribution in [0.4, 0.5) is 49.7 Å². The lowest BCUT2D eigenvalue weighted by Gasteiger charge is -2.24. The number of hydrogen-bond acceptors (Lipinski definition) is 8. The molecule has 4 aromatic heterocycles. The van der Waals surface area contributed by atoms with Crippen LogP contribution in [0.15, 0.2) is 65.6 Å². The third kappa shape index (κ3) is 9.42. The number of halogens is 11. The second-order valence-corrected chi connectivity index (χ2v) is 17.6. The van der Waals surface area contributed by atoms with Gasteiger partial charge in [0.2, 0.25) is 11.7 Å². The molecule has 3 atom stereocenters. The van der Waals surface area contributed by atoms with E-state index in [-0.39, 0.29) is 55.2 Å². The molecule has 0 spiro atoms. The number of carbonyl (C=O) groups is 1. The van der Waals surface area contributed by atoms with Gasteiger partial charge < -0.3 is 9.87 Å². The summed E-state index contributed by atoms with van der Waals surface area (Å²) in [5, 5.41) is 14.2. The van der Waals surface area contributed by atoms with Crippen molar-refractivity contribution in [2.45, 2.75) is 77.1 Å². The van der Waals surface area contributed by atoms with Gasteiger partial charge in [0.25, 0.3) is 30.3 Å². The minimum Gasteiger partial charge on any atom is -0.593 e. The van der Waals surface area contributed by atoms with E-state index in [0.717, 1.165) is 33.0 Å². The van der Waals surface area contributed by atoms with Gasteiger partial charge in [0.15, 0.2) is 0 Å². The molecule has 3 aromatic carbocycles. The number of benzene rings is 3. The van der Waals surface area contributed by atoms with Gasteiger partial charge in [0.1, 0.15) is 54.7 Å². The van der Waals surface area contributed by atoms with E-state index in [2.05, 4.69) is 25.3 Å². The summed E-state index contributed by atoms with van der Waals surface area (Å²) in [6, 6.07) is 8.59. The molecule has 8 rings (SSSR count). The first-order chi connectivity index (χ1) is 31.5. The number of amides is 1. The zero-order valence-electron chi connectivity index (χ0n) is 35.0. The van der Waals surface area contributed by atoms with Crippen LogP contribution in [0.5, 0.6) is 0 Å². The van der Waals surface area contributed by atoms with Crippen molar-refractivity contribution in [2.75, 3.05) is 11.0 Å². The predicted molar refractivity (Wildman–Crippen MR) is 226 cm³/mol. The largest absolute Gasteiger partial charge is 0.593 e. The Kier molecular flexibility index (Phi) is 12.6. The van der Waals surface area contributed by atoms with Gasteiger partial charge in [-0.05, 0) is 54.4 Å². The maximum absolute atomic E-state index is 15.5. The highest BCUT2D eigenvalue weighted by molar-refractivity contribution is 7.92. The molecule has 13 nitrogen and oxygen atoms in total. The molecule has 354 valence electrons. The van der Waals surface area contributed by atoms with Crippen LogP contribution in [-0.2, 0) is 54.6 Å². The Morgan fingerprint density at radius 2 is 1.73 bits per heavy atom. The maximum Gasteiger partial charge on any atom is 0.292 e. The number of hydrogen-bond donors (Lipinski definition) is 2. The summed E-state index contributed by atoms with van der Waals surface area (Å²) in [4.78, 5) is 34.0. The predicted octanol–water partition coefficient (Wildman–Crippen LogP) is 8.67. The van der Waals surface area contributed by atoms with Gasteiger partial charge in [0, 0.05) is 42.7 Å². The van der Waals surface area contributed by atoms with Crippen molar-refractivity contribution >= 4 is 56.5 Å². The molecular weight excluding hydrogens is 950 g/mol. The highest BCUT2D eigenvalue weighted by Crippen LogP contribution is 2.48. The Balaban J connectivity index is 1.37. The van der Waals surface area contributed by atoms with Gasteiger partial charge >= 0.3 is 0 Å². The number of aromatic nitrogens is 8. The minimum atomic E-state index is -3.70. The number of rotatable bonds is 15. The fraction of sp³-hybridized carbons (Fsp3) is 0.333. The van der Waals surface area contributed by atoms with Crippen LogP contribution in [0.1, 0.15) is 54.7 Å². The zero-order chi connectivity index (χ0) is 48.4. The molecular formula is C42H35ClF10N10O3S. The van der Waals surface area contributed by atoms with Gasteiger partial charge in [-0.25, -0.2) is 40.1 Å². The summed E-state index contributed by atoms with van der Waals surface area (Å²) < 4.78 is 163. The number of fused-ring (bicyclic) bond motifs is 3. The van der Waals surface area contributed by atoms with E-state index >= 15 is 13.6 Å². The van der Waals surface area contributed by atoms with Crippen LogP contribution in [0, 0.1) is 17.6 Å². The van der Waals surface area contributed by atoms with Crippen LogP contribution < -0.4 is 15.6 Å². The molecule has 25 heteroatoms. The molecule has 0 saturated heterocycles. The summed E-state index contributed by atoms with van der Waals surface area (Å²) in [5.41, 5.74) is -3.65. The molecule has 67 heavy (non-hydrogen) atoms. The Bertz CT molecular complexity index is 3090.